The fourth-order valence-corrected chi connectivity index (χ4v) is 2.81. The van der Waals surface area contributed by atoms with Gasteiger partial charge in [0.25, 0.3) is 0 Å². The van der Waals surface area contributed by atoms with Crippen LogP contribution in [0.15, 0.2) is 48.5 Å². The Hall–Kier alpha value is -2.24. The highest BCUT2D eigenvalue weighted by molar-refractivity contribution is 5.48. The van der Waals surface area contributed by atoms with Crippen LogP contribution in [0, 0.1) is 0 Å². The van der Waals surface area contributed by atoms with Crippen molar-refractivity contribution in [2.24, 2.45) is 0 Å². The SMILES string of the molecule is COCCOc1cccc(NCc2ccc(OCC3CCCO3)cc2)c1. The Bertz CT molecular complexity index is 653. The van der Waals surface area contributed by atoms with E-state index in [1.807, 2.05) is 36.4 Å². The number of hydrogen-bond donors (Lipinski definition) is 1. The zero-order valence-corrected chi connectivity index (χ0v) is 15.3. The number of ether oxygens (including phenoxy) is 4. The maximum Gasteiger partial charge on any atom is 0.121 e. The molecular weight excluding hydrogens is 330 g/mol. The monoisotopic (exact) mass is 357 g/mol. The van der Waals surface area contributed by atoms with E-state index in [0.717, 1.165) is 43.2 Å². The summed E-state index contributed by atoms with van der Waals surface area (Å²) in [5.41, 5.74) is 2.22. The molecule has 1 atom stereocenters. The molecular formula is C21H27NO4. The third-order valence-corrected chi connectivity index (χ3v) is 4.27. The second-order valence-electron chi connectivity index (χ2n) is 6.31. The smallest absolute Gasteiger partial charge is 0.121 e. The minimum Gasteiger partial charge on any atom is -0.491 e. The molecule has 0 saturated carbocycles. The summed E-state index contributed by atoms with van der Waals surface area (Å²) in [4.78, 5) is 0. The third kappa shape index (κ3) is 5.93. The molecule has 140 valence electrons. The average molecular weight is 357 g/mol. The van der Waals surface area contributed by atoms with Gasteiger partial charge in [0.15, 0.2) is 0 Å². The maximum atomic E-state index is 5.80. The van der Waals surface area contributed by atoms with Crippen molar-refractivity contribution < 1.29 is 18.9 Å². The first-order valence-electron chi connectivity index (χ1n) is 9.12. The van der Waals surface area contributed by atoms with Crippen molar-refractivity contribution in [2.45, 2.75) is 25.5 Å². The molecule has 1 saturated heterocycles. The predicted octanol–water partition coefficient (Wildman–Crippen LogP) is 3.88. The van der Waals surface area contributed by atoms with Gasteiger partial charge in [0.2, 0.25) is 0 Å². The molecule has 2 aromatic rings. The van der Waals surface area contributed by atoms with Crippen LogP contribution in [0.1, 0.15) is 18.4 Å². The molecule has 5 nitrogen and oxygen atoms in total. The molecule has 1 N–H and O–H groups in total. The summed E-state index contributed by atoms with van der Waals surface area (Å²) in [7, 11) is 1.67. The first-order chi connectivity index (χ1) is 12.8. The van der Waals surface area contributed by atoms with Gasteiger partial charge in [0.1, 0.15) is 24.7 Å². The van der Waals surface area contributed by atoms with Gasteiger partial charge in [0.05, 0.1) is 12.7 Å². The lowest BCUT2D eigenvalue weighted by Crippen LogP contribution is -2.16. The van der Waals surface area contributed by atoms with Crippen LogP contribution in [0.3, 0.4) is 0 Å². The Morgan fingerprint density at radius 1 is 1.04 bits per heavy atom. The van der Waals surface area contributed by atoms with Crippen LogP contribution in [0.2, 0.25) is 0 Å². The van der Waals surface area contributed by atoms with Gasteiger partial charge >= 0.3 is 0 Å². The first-order valence-corrected chi connectivity index (χ1v) is 9.12. The summed E-state index contributed by atoms with van der Waals surface area (Å²) in [6.07, 6.45) is 2.47. The van der Waals surface area contributed by atoms with E-state index in [4.69, 9.17) is 18.9 Å². The number of anilines is 1. The molecule has 0 aliphatic carbocycles. The van der Waals surface area contributed by atoms with Crippen molar-refractivity contribution in [2.75, 3.05) is 38.9 Å². The van der Waals surface area contributed by atoms with Crippen LogP contribution in [0.25, 0.3) is 0 Å². The van der Waals surface area contributed by atoms with Crippen molar-refractivity contribution >= 4 is 5.69 Å². The molecule has 1 heterocycles. The fourth-order valence-electron chi connectivity index (χ4n) is 2.81. The first kappa shape index (κ1) is 18.5. The van der Waals surface area contributed by atoms with Crippen LogP contribution < -0.4 is 14.8 Å². The molecule has 2 aromatic carbocycles. The Morgan fingerprint density at radius 3 is 2.69 bits per heavy atom. The van der Waals surface area contributed by atoms with E-state index in [-0.39, 0.29) is 6.10 Å². The van der Waals surface area contributed by atoms with E-state index >= 15 is 0 Å². The third-order valence-electron chi connectivity index (χ3n) is 4.27. The van der Waals surface area contributed by atoms with E-state index in [0.29, 0.717) is 19.8 Å². The van der Waals surface area contributed by atoms with Gasteiger partial charge in [0, 0.05) is 32.0 Å². The second kappa shape index (κ2) is 10.0. The summed E-state index contributed by atoms with van der Waals surface area (Å²) in [6, 6.07) is 16.1. The summed E-state index contributed by atoms with van der Waals surface area (Å²) in [5.74, 6) is 1.72. The van der Waals surface area contributed by atoms with E-state index in [2.05, 4.69) is 17.4 Å². The molecule has 0 radical (unpaired) electrons. The van der Waals surface area contributed by atoms with Crippen LogP contribution in [0.5, 0.6) is 11.5 Å². The standard InChI is InChI=1S/C21H27NO4/c1-23-12-13-25-20-5-2-4-18(14-20)22-15-17-7-9-19(10-8-17)26-16-21-6-3-11-24-21/h2,4-5,7-10,14,21-22H,3,6,11-13,15-16H2,1H3. The minimum absolute atomic E-state index is 0.245. The van der Waals surface area contributed by atoms with Gasteiger partial charge < -0.3 is 24.3 Å². The zero-order chi connectivity index (χ0) is 18.0. The molecule has 1 fully saturated rings. The Kier molecular flexibility index (Phi) is 7.16. The summed E-state index contributed by atoms with van der Waals surface area (Å²) in [6.45, 7) is 3.37. The number of hydrogen-bond acceptors (Lipinski definition) is 5. The van der Waals surface area contributed by atoms with Gasteiger partial charge in [-0.1, -0.05) is 18.2 Å². The summed E-state index contributed by atoms with van der Waals surface area (Å²) >= 11 is 0. The van der Waals surface area contributed by atoms with Gasteiger partial charge in [-0.2, -0.15) is 0 Å². The van der Waals surface area contributed by atoms with E-state index in [9.17, 15) is 0 Å². The Balaban J connectivity index is 1.44. The summed E-state index contributed by atoms with van der Waals surface area (Å²) < 4.78 is 22.0. The molecule has 1 aliphatic heterocycles. The highest BCUT2D eigenvalue weighted by atomic mass is 16.5. The lowest BCUT2D eigenvalue weighted by molar-refractivity contribution is 0.0679. The van der Waals surface area contributed by atoms with Gasteiger partial charge in [-0.05, 0) is 42.7 Å². The van der Waals surface area contributed by atoms with Crippen molar-refractivity contribution in [3.05, 3.63) is 54.1 Å². The van der Waals surface area contributed by atoms with Crippen LogP contribution in [-0.4, -0.2) is 39.6 Å². The number of benzene rings is 2. The fraction of sp³-hybridized carbons (Fsp3) is 0.429. The summed E-state index contributed by atoms with van der Waals surface area (Å²) in [5, 5.41) is 3.42. The van der Waals surface area contributed by atoms with Crippen molar-refractivity contribution in [1.29, 1.82) is 0 Å². The average Bonchev–Trinajstić information content (AvgIpc) is 3.20. The molecule has 1 aliphatic rings. The highest BCUT2D eigenvalue weighted by Crippen LogP contribution is 2.20. The van der Waals surface area contributed by atoms with Crippen LogP contribution in [-0.2, 0) is 16.0 Å². The molecule has 26 heavy (non-hydrogen) atoms. The largest absolute Gasteiger partial charge is 0.491 e. The molecule has 5 heteroatoms. The van der Waals surface area contributed by atoms with Gasteiger partial charge in [-0.15, -0.1) is 0 Å². The lowest BCUT2D eigenvalue weighted by Gasteiger charge is -2.12. The molecule has 3 rings (SSSR count). The predicted molar refractivity (Wildman–Crippen MR) is 102 cm³/mol. The van der Waals surface area contributed by atoms with Crippen LogP contribution >= 0.6 is 0 Å². The Labute approximate surface area is 155 Å². The molecule has 1 unspecified atom stereocenters. The van der Waals surface area contributed by atoms with E-state index < -0.39 is 0 Å². The maximum absolute atomic E-state index is 5.80. The van der Waals surface area contributed by atoms with Crippen molar-refractivity contribution in [1.82, 2.24) is 0 Å². The van der Waals surface area contributed by atoms with Gasteiger partial charge in [-0.3, -0.25) is 0 Å². The molecule has 0 amide bonds. The van der Waals surface area contributed by atoms with Gasteiger partial charge in [-0.25, -0.2) is 0 Å². The highest BCUT2D eigenvalue weighted by Gasteiger charge is 2.15. The van der Waals surface area contributed by atoms with Crippen molar-refractivity contribution in [3.8, 4) is 11.5 Å². The quantitative estimate of drug-likeness (QED) is 0.654. The minimum atomic E-state index is 0.245. The lowest BCUT2D eigenvalue weighted by atomic mass is 10.2. The normalized spacial score (nSPS) is 16.4. The van der Waals surface area contributed by atoms with E-state index in [1.165, 1.54) is 5.56 Å². The molecule has 0 spiro atoms. The van der Waals surface area contributed by atoms with Crippen LogP contribution in [0.4, 0.5) is 5.69 Å². The topological polar surface area (TPSA) is 49.0 Å². The number of methoxy groups -OCH3 is 1. The Morgan fingerprint density at radius 2 is 1.92 bits per heavy atom. The number of nitrogens with one attached hydrogen (secondary N) is 1. The molecule has 0 bridgehead atoms. The second-order valence-corrected chi connectivity index (χ2v) is 6.31. The van der Waals surface area contributed by atoms with E-state index in [1.54, 1.807) is 7.11 Å². The van der Waals surface area contributed by atoms with Crippen molar-refractivity contribution in [3.63, 3.8) is 0 Å². The zero-order valence-electron chi connectivity index (χ0n) is 15.3. The number of rotatable bonds is 10. The molecule has 0 aromatic heterocycles.